The summed E-state index contributed by atoms with van der Waals surface area (Å²) in [4.78, 5) is 2.07. The third-order valence-corrected chi connectivity index (χ3v) is 3.41. The molecule has 1 unspecified atom stereocenters. The summed E-state index contributed by atoms with van der Waals surface area (Å²) in [6, 6.07) is 6.58. The van der Waals surface area contributed by atoms with Crippen molar-refractivity contribution in [1.29, 1.82) is 5.26 Å². The van der Waals surface area contributed by atoms with Crippen molar-refractivity contribution in [2.75, 3.05) is 20.2 Å². The fraction of sp³-hybridized carbons (Fsp3) is 0.533. The molecule has 0 radical (unpaired) electrons. The second kappa shape index (κ2) is 6.65. The van der Waals surface area contributed by atoms with Crippen LogP contribution >= 0.6 is 0 Å². The van der Waals surface area contributed by atoms with Crippen molar-refractivity contribution in [2.24, 2.45) is 0 Å². The van der Waals surface area contributed by atoms with Crippen LogP contribution in [0.4, 0.5) is 4.39 Å². The molecule has 102 valence electrons. The minimum absolute atomic E-state index is 0.264. The van der Waals surface area contributed by atoms with E-state index in [1.807, 2.05) is 13.1 Å². The van der Waals surface area contributed by atoms with Gasteiger partial charge in [-0.15, -0.1) is 0 Å². The highest BCUT2D eigenvalue weighted by atomic mass is 19.1. The Morgan fingerprint density at radius 1 is 1.47 bits per heavy atom. The van der Waals surface area contributed by atoms with Gasteiger partial charge < -0.3 is 4.74 Å². The molecular weight excluding hydrogens is 243 g/mol. The van der Waals surface area contributed by atoms with Crippen molar-refractivity contribution < 1.29 is 9.13 Å². The van der Waals surface area contributed by atoms with Gasteiger partial charge in [-0.3, -0.25) is 4.90 Å². The van der Waals surface area contributed by atoms with Crippen LogP contribution in [0.5, 0.6) is 0 Å². The predicted octanol–water partition coefficient (Wildman–Crippen LogP) is 2.70. The first-order chi connectivity index (χ1) is 9.19. The first kappa shape index (κ1) is 14.0. The van der Waals surface area contributed by atoms with Crippen LogP contribution in [0.25, 0.3) is 0 Å². The number of likely N-dealkylation sites (N-methyl/N-ethyl adjacent to an activating group) is 1. The molecule has 3 nitrogen and oxygen atoms in total. The number of hydrogen-bond acceptors (Lipinski definition) is 3. The van der Waals surface area contributed by atoms with Crippen molar-refractivity contribution >= 4 is 0 Å². The fourth-order valence-electron chi connectivity index (χ4n) is 2.40. The van der Waals surface area contributed by atoms with Crippen LogP contribution in [0, 0.1) is 17.1 Å². The Morgan fingerprint density at radius 2 is 2.32 bits per heavy atom. The van der Waals surface area contributed by atoms with Crippen molar-refractivity contribution in [3.8, 4) is 6.07 Å². The molecule has 0 saturated carbocycles. The molecule has 1 aliphatic heterocycles. The normalized spacial score (nSPS) is 19.4. The maximum Gasteiger partial charge on any atom is 0.129 e. The highest BCUT2D eigenvalue weighted by Gasteiger charge is 2.16. The van der Waals surface area contributed by atoms with Crippen LogP contribution in [0.1, 0.15) is 30.4 Å². The molecule has 1 saturated heterocycles. The largest absolute Gasteiger partial charge is 0.377 e. The van der Waals surface area contributed by atoms with E-state index in [9.17, 15) is 4.39 Å². The number of hydrogen-bond donors (Lipinski definition) is 0. The molecule has 1 atom stereocenters. The first-order valence-electron chi connectivity index (χ1n) is 6.67. The molecule has 1 fully saturated rings. The summed E-state index contributed by atoms with van der Waals surface area (Å²) in [5.41, 5.74) is 0.983. The maximum atomic E-state index is 13.8. The summed E-state index contributed by atoms with van der Waals surface area (Å²) in [5.74, 6) is -0.310. The van der Waals surface area contributed by atoms with Crippen molar-refractivity contribution in [3.63, 3.8) is 0 Å². The molecule has 1 heterocycles. The number of benzene rings is 1. The molecule has 1 aromatic carbocycles. The zero-order valence-corrected chi connectivity index (χ0v) is 11.2. The van der Waals surface area contributed by atoms with Gasteiger partial charge in [0.2, 0.25) is 0 Å². The molecule has 1 aliphatic rings. The van der Waals surface area contributed by atoms with Crippen molar-refractivity contribution in [3.05, 3.63) is 35.1 Å². The quantitative estimate of drug-likeness (QED) is 0.837. The summed E-state index contributed by atoms with van der Waals surface area (Å²) >= 11 is 0. The minimum atomic E-state index is -0.310. The van der Waals surface area contributed by atoms with E-state index >= 15 is 0 Å². The van der Waals surface area contributed by atoms with E-state index in [-0.39, 0.29) is 11.9 Å². The monoisotopic (exact) mass is 262 g/mol. The van der Waals surface area contributed by atoms with Crippen molar-refractivity contribution in [2.45, 2.75) is 31.9 Å². The molecule has 0 N–H and O–H groups in total. The van der Waals surface area contributed by atoms with E-state index in [1.165, 1.54) is 12.5 Å². The Balaban J connectivity index is 1.91. The van der Waals surface area contributed by atoms with Gasteiger partial charge in [0.25, 0.3) is 0 Å². The molecular formula is C15H19FN2O. The Kier molecular flexibility index (Phi) is 4.89. The van der Waals surface area contributed by atoms with Gasteiger partial charge in [-0.05, 0) is 38.4 Å². The smallest absolute Gasteiger partial charge is 0.129 e. The van der Waals surface area contributed by atoms with Gasteiger partial charge in [0, 0.05) is 25.3 Å². The average molecular weight is 262 g/mol. The lowest BCUT2D eigenvalue weighted by Crippen LogP contribution is -2.33. The topological polar surface area (TPSA) is 36.3 Å². The zero-order chi connectivity index (χ0) is 13.7. The van der Waals surface area contributed by atoms with Crippen LogP contribution in [0.15, 0.2) is 18.2 Å². The number of nitrogens with zero attached hydrogens (tertiary/aromatic N) is 2. The van der Waals surface area contributed by atoms with E-state index in [1.54, 1.807) is 12.1 Å². The number of halogens is 1. The molecule has 0 bridgehead atoms. The Morgan fingerprint density at radius 3 is 2.95 bits per heavy atom. The molecule has 0 spiro atoms. The van der Waals surface area contributed by atoms with Crippen LogP contribution in [0.2, 0.25) is 0 Å². The van der Waals surface area contributed by atoms with Gasteiger partial charge >= 0.3 is 0 Å². The highest BCUT2D eigenvalue weighted by molar-refractivity contribution is 5.32. The van der Waals surface area contributed by atoms with Crippen LogP contribution in [0.3, 0.4) is 0 Å². The first-order valence-corrected chi connectivity index (χ1v) is 6.67. The zero-order valence-electron chi connectivity index (χ0n) is 11.2. The van der Waals surface area contributed by atoms with E-state index in [2.05, 4.69) is 4.90 Å². The lowest BCUT2D eigenvalue weighted by atomic mass is 10.1. The SMILES string of the molecule is CN(Cc1ccc(C#N)cc1F)CC1CCCCO1. The van der Waals surface area contributed by atoms with Crippen LogP contribution in [-0.4, -0.2) is 31.2 Å². The van der Waals surface area contributed by atoms with Gasteiger partial charge in [0.15, 0.2) is 0 Å². The summed E-state index contributed by atoms with van der Waals surface area (Å²) in [6.07, 6.45) is 3.70. The number of nitriles is 1. The standard InChI is InChI=1S/C15H19FN2O/c1-18(11-14-4-2-3-7-19-14)10-13-6-5-12(9-17)8-15(13)16/h5-6,8,14H,2-4,7,10-11H2,1H3. The Hall–Kier alpha value is -1.44. The Labute approximate surface area is 113 Å². The second-order valence-electron chi connectivity index (χ2n) is 5.10. The molecule has 1 aromatic rings. The summed E-state index contributed by atoms with van der Waals surface area (Å²) in [7, 11) is 1.97. The van der Waals surface area contributed by atoms with E-state index in [0.717, 1.165) is 26.0 Å². The minimum Gasteiger partial charge on any atom is -0.377 e. The molecule has 4 heteroatoms. The van der Waals surface area contributed by atoms with Gasteiger partial charge in [0.1, 0.15) is 5.82 Å². The predicted molar refractivity (Wildman–Crippen MR) is 71.0 cm³/mol. The second-order valence-corrected chi connectivity index (χ2v) is 5.10. The van der Waals surface area contributed by atoms with E-state index < -0.39 is 0 Å². The molecule has 0 aliphatic carbocycles. The van der Waals surface area contributed by atoms with Gasteiger partial charge in [0.05, 0.1) is 17.7 Å². The lowest BCUT2D eigenvalue weighted by Gasteiger charge is -2.27. The van der Waals surface area contributed by atoms with Gasteiger partial charge in [-0.1, -0.05) is 6.07 Å². The molecule has 0 amide bonds. The van der Waals surface area contributed by atoms with Gasteiger partial charge in [-0.25, -0.2) is 4.39 Å². The molecule has 0 aromatic heterocycles. The lowest BCUT2D eigenvalue weighted by molar-refractivity contribution is -0.00272. The third-order valence-electron chi connectivity index (χ3n) is 3.41. The van der Waals surface area contributed by atoms with E-state index in [0.29, 0.717) is 17.7 Å². The molecule has 2 rings (SSSR count). The van der Waals surface area contributed by atoms with Crippen molar-refractivity contribution in [1.82, 2.24) is 4.90 Å². The number of rotatable bonds is 4. The molecule has 19 heavy (non-hydrogen) atoms. The van der Waals surface area contributed by atoms with E-state index in [4.69, 9.17) is 10.00 Å². The maximum absolute atomic E-state index is 13.8. The number of ether oxygens (including phenoxy) is 1. The third kappa shape index (κ3) is 4.02. The summed E-state index contributed by atoms with van der Waals surface area (Å²) in [6.45, 7) is 2.20. The Bertz CT molecular complexity index is 464. The fourth-order valence-corrected chi connectivity index (χ4v) is 2.40. The summed E-state index contributed by atoms with van der Waals surface area (Å²) in [5, 5.41) is 8.71. The highest BCUT2D eigenvalue weighted by Crippen LogP contribution is 2.16. The summed E-state index contributed by atoms with van der Waals surface area (Å²) < 4.78 is 19.4. The van der Waals surface area contributed by atoms with Crippen LogP contribution in [-0.2, 0) is 11.3 Å². The average Bonchev–Trinajstić information content (AvgIpc) is 2.42. The van der Waals surface area contributed by atoms with Gasteiger partial charge in [-0.2, -0.15) is 5.26 Å². The van der Waals surface area contributed by atoms with Crippen LogP contribution < -0.4 is 0 Å².